The summed E-state index contributed by atoms with van der Waals surface area (Å²) in [7, 11) is 0. The van der Waals surface area contributed by atoms with Crippen LogP contribution in [0.25, 0.3) is 11.3 Å². The summed E-state index contributed by atoms with van der Waals surface area (Å²) in [5.74, 6) is -0.278. The third-order valence-electron chi connectivity index (χ3n) is 7.58. The molecule has 6 rings (SSSR count). The Balaban J connectivity index is 1.17. The zero-order valence-corrected chi connectivity index (χ0v) is 19.0. The number of nitrogens with two attached hydrogens (primary N) is 1. The number of alkyl halides is 2. The molecule has 2 aliphatic heterocycles. The number of anilines is 1. The summed E-state index contributed by atoms with van der Waals surface area (Å²) in [5, 5.41) is 7.93. The summed E-state index contributed by atoms with van der Waals surface area (Å²) in [5.41, 5.74) is 8.48. The van der Waals surface area contributed by atoms with Gasteiger partial charge < -0.3 is 20.7 Å². The Hall–Kier alpha value is -3.76. The number of aryl methyl sites for hydroxylation is 1. The van der Waals surface area contributed by atoms with E-state index in [1.807, 2.05) is 27.8 Å². The number of pyridine rings is 2. The first kappa shape index (κ1) is 21.8. The first-order valence-corrected chi connectivity index (χ1v) is 11.6. The van der Waals surface area contributed by atoms with Gasteiger partial charge in [0.15, 0.2) is 11.6 Å². The fourth-order valence-corrected chi connectivity index (χ4v) is 5.51. The van der Waals surface area contributed by atoms with E-state index < -0.39 is 6.61 Å². The van der Waals surface area contributed by atoms with Crippen molar-refractivity contribution in [2.75, 3.05) is 18.8 Å². The predicted molar refractivity (Wildman–Crippen MR) is 123 cm³/mol. The smallest absolute Gasteiger partial charge is 0.387 e. The van der Waals surface area contributed by atoms with Gasteiger partial charge in [-0.25, -0.2) is 9.78 Å². The summed E-state index contributed by atoms with van der Waals surface area (Å²) >= 11 is 0. The maximum atomic E-state index is 13.1. The number of likely N-dealkylation sites (tertiary alicyclic amines) is 1. The maximum absolute atomic E-state index is 13.1. The number of ether oxygens (including phenoxy) is 1. The molecule has 182 valence electrons. The lowest BCUT2D eigenvalue weighted by Gasteiger charge is -2.50. The number of urea groups is 1. The lowest BCUT2D eigenvalue weighted by atomic mass is 9.72. The molecule has 2 fully saturated rings. The lowest BCUT2D eigenvalue weighted by Crippen LogP contribution is -2.65. The minimum absolute atomic E-state index is 0.0538. The van der Waals surface area contributed by atoms with Crippen LogP contribution in [0.2, 0.25) is 0 Å². The monoisotopic (exact) mass is 481 g/mol. The molecule has 1 aliphatic carbocycles. The second-order valence-electron chi connectivity index (χ2n) is 9.61. The van der Waals surface area contributed by atoms with E-state index in [-0.39, 0.29) is 28.6 Å². The van der Waals surface area contributed by atoms with Gasteiger partial charge in [-0.05, 0) is 55.5 Å². The molecule has 0 unspecified atom stereocenters. The van der Waals surface area contributed by atoms with Crippen molar-refractivity contribution in [3.8, 4) is 17.0 Å². The normalized spacial score (nSPS) is 19.2. The Kier molecular flexibility index (Phi) is 4.90. The van der Waals surface area contributed by atoms with E-state index in [4.69, 9.17) is 5.73 Å². The predicted octanol–water partition coefficient (Wildman–Crippen LogP) is 3.27. The number of hydrogen-bond donors (Lipinski definition) is 2. The highest BCUT2D eigenvalue weighted by molar-refractivity contribution is 5.77. The molecule has 2 amide bonds. The van der Waals surface area contributed by atoms with E-state index in [0.717, 1.165) is 43.5 Å². The van der Waals surface area contributed by atoms with Gasteiger partial charge in [-0.3, -0.25) is 9.67 Å². The number of amides is 2. The van der Waals surface area contributed by atoms with E-state index in [9.17, 15) is 13.6 Å². The number of nitrogens with zero attached hydrogens (tertiary/aromatic N) is 5. The van der Waals surface area contributed by atoms with Gasteiger partial charge in [0.2, 0.25) is 0 Å². The van der Waals surface area contributed by atoms with Gasteiger partial charge in [-0.15, -0.1) is 0 Å². The number of nitrogen functional groups attached to an aromatic ring is 1. The van der Waals surface area contributed by atoms with Gasteiger partial charge in [0, 0.05) is 54.9 Å². The summed E-state index contributed by atoms with van der Waals surface area (Å²) in [4.78, 5) is 23.0. The van der Waals surface area contributed by atoms with Crippen LogP contribution in [0, 0.1) is 0 Å². The Morgan fingerprint density at radius 3 is 2.63 bits per heavy atom. The number of fused-ring (bicyclic) bond motifs is 2. The molecule has 5 heterocycles. The van der Waals surface area contributed by atoms with Crippen molar-refractivity contribution in [3.63, 3.8) is 0 Å². The quantitative estimate of drug-likeness (QED) is 0.579. The van der Waals surface area contributed by atoms with Crippen molar-refractivity contribution >= 4 is 11.8 Å². The van der Waals surface area contributed by atoms with E-state index in [1.165, 1.54) is 12.3 Å². The molecule has 0 radical (unpaired) electrons. The molecule has 3 aromatic rings. The van der Waals surface area contributed by atoms with Crippen LogP contribution in [0.15, 0.2) is 42.9 Å². The number of hydrogen-bond acceptors (Lipinski definition) is 6. The molecular weight excluding hydrogens is 456 g/mol. The third-order valence-corrected chi connectivity index (χ3v) is 7.58. The molecule has 35 heavy (non-hydrogen) atoms. The van der Waals surface area contributed by atoms with Gasteiger partial charge >= 0.3 is 12.6 Å². The molecule has 11 heteroatoms. The average molecular weight is 482 g/mol. The van der Waals surface area contributed by atoms with Crippen LogP contribution in [0.1, 0.15) is 36.9 Å². The van der Waals surface area contributed by atoms with Gasteiger partial charge in [-0.1, -0.05) is 0 Å². The molecule has 3 N–H and O–H groups in total. The molecule has 1 saturated carbocycles. The topological polar surface area (TPSA) is 111 Å². The SMILES string of the molecule is Nc1ncc(-c2cc3n(n2)CCC32CN(C(=O)NC3(c4ccncc4)CCC3)C2)cc1OC(F)F. The zero-order chi connectivity index (χ0) is 24.2. The van der Waals surface area contributed by atoms with Crippen LogP contribution < -0.4 is 15.8 Å². The van der Waals surface area contributed by atoms with Crippen LogP contribution in [-0.2, 0) is 17.5 Å². The van der Waals surface area contributed by atoms with Crippen LogP contribution >= 0.6 is 0 Å². The molecule has 3 aliphatic rings. The van der Waals surface area contributed by atoms with Gasteiger partial charge in [-0.2, -0.15) is 13.9 Å². The average Bonchev–Trinajstić information content (AvgIpc) is 3.36. The summed E-state index contributed by atoms with van der Waals surface area (Å²) in [6, 6.07) is 7.26. The molecule has 1 spiro atoms. The van der Waals surface area contributed by atoms with E-state index in [0.29, 0.717) is 24.3 Å². The Morgan fingerprint density at radius 2 is 1.94 bits per heavy atom. The molecule has 0 bridgehead atoms. The molecule has 9 nitrogen and oxygen atoms in total. The summed E-state index contributed by atoms with van der Waals surface area (Å²) in [6.45, 7) is -1.05. The Bertz CT molecular complexity index is 1270. The van der Waals surface area contributed by atoms with Crippen molar-refractivity contribution in [1.29, 1.82) is 0 Å². The highest BCUT2D eigenvalue weighted by atomic mass is 19.3. The second kappa shape index (κ2) is 7.89. The molecule has 1 saturated heterocycles. The van der Waals surface area contributed by atoms with Crippen molar-refractivity contribution in [3.05, 3.63) is 54.1 Å². The van der Waals surface area contributed by atoms with Gasteiger partial charge in [0.1, 0.15) is 0 Å². The van der Waals surface area contributed by atoms with Crippen molar-refractivity contribution < 1.29 is 18.3 Å². The summed E-state index contributed by atoms with van der Waals surface area (Å²) < 4.78 is 31.8. The second-order valence-corrected chi connectivity index (χ2v) is 9.61. The van der Waals surface area contributed by atoms with Gasteiger partial charge in [0.25, 0.3) is 0 Å². The molecule has 0 aromatic carbocycles. The minimum Gasteiger partial charge on any atom is -0.431 e. The van der Waals surface area contributed by atoms with E-state index >= 15 is 0 Å². The highest BCUT2D eigenvalue weighted by Crippen LogP contribution is 2.45. The lowest BCUT2D eigenvalue weighted by molar-refractivity contribution is -0.0494. The third kappa shape index (κ3) is 3.57. The molecule has 0 atom stereocenters. The largest absolute Gasteiger partial charge is 0.431 e. The fraction of sp³-hybridized carbons (Fsp3) is 0.417. The first-order chi connectivity index (χ1) is 16.9. The number of carbonyl (C=O) groups is 1. The van der Waals surface area contributed by atoms with Crippen LogP contribution in [0.5, 0.6) is 5.75 Å². The van der Waals surface area contributed by atoms with E-state index in [1.54, 1.807) is 12.4 Å². The van der Waals surface area contributed by atoms with Crippen LogP contribution in [-0.4, -0.2) is 50.4 Å². The first-order valence-electron chi connectivity index (χ1n) is 11.6. The Morgan fingerprint density at radius 1 is 1.17 bits per heavy atom. The number of nitrogens with one attached hydrogen (secondary N) is 1. The summed E-state index contributed by atoms with van der Waals surface area (Å²) in [6.07, 6.45) is 8.84. The van der Waals surface area contributed by atoms with Gasteiger partial charge in [0.05, 0.1) is 11.2 Å². The number of carbonyl (C=O) groups excluding carboxylic acids is 1. The van der Waals surface area contributed by atoms with E-state index in [2.05, 4.69) is 25.1 Å². The molecular formula is C24H25F2N7O2. The molecule has 3 aromatic heterocycles. The number of aromatic nitrogens is 4. The minimum atomic E-state index is -2.99. The standard InChI is InChI=1S/C24H25F2N7O2/c25-21(26)35-18-10-15(12-29-20(18)27)17-11-19-23(6-9-33(19)31-17)13-32(14-23)22(34)30-24(4-1-5-24)16-2-7-28-8-3-16/h2-3,7-8,10-12,21H,1,4-6,9,13-14H2,(H2,27,29)(H,30,34). The number of halogens is 2. The van der Waals surface area contributed by atoms with Crippen LogP contribution in [0.4, 0.5) is 19.4 Å². The van der Waals surface area contributed by atoms with Crippen LogP contribution in [0.3, 0.4) is 0 Å². The number of rotatable bonds is 5. The van der Waals surface area contributed by atoms with Crippen molar-refractivity contribution in [2.24, 2.45) is 0 Å². The van der Waals surface area contributed by atoms with Crippen molar-refractivity contribution in [1.82, 2.24) is 30.0 Å². The maximum Gasteiger partial charge on any atom is 0.387 e. The fourth-order valence-electron chi connectivity index (χ4n) is 5.51. The zero-order valence-electron chi connectivity index (χ0n) is 19.0. The highest BCUT2D eigenvalue weighted by Gasteiger charge is 2.52. The Labute approximate surface area is 200 Å². The van der Waals surface area contributed by atoms with Crippen molar-refractivity contribution in [2.45, 2.75) is 49.8 Å².